The molecule has 0 radical (unpaired) electrons. The van der Waals surface area contributed by atoms with Crippen molar-refractivity contribution < 1.29 is 14.3 Å². The lowest BCUT2D eigenvalue weighted by molar-refractivity contribution is -0.121. The van der Waals surface area contributed by atoms with E-state index in [0.717, 1.165) is 37.2 Å². The van der Waals surface area contributed by atoms with E-state index in [0.29, 0.717) is 22.4 Å². The predicted molar refractivity (Wildman–Crippen MR) is 108 cm³/mol. The van der Waals surface area contributed by atoms with Crippen molar-refractivity contribution in [1.29, 1.82) is 0 Å². The fourth-order valence-corrected chi connectivity index (χ4v) is 6.82. The fourth-order valence-electron chi connectivity index (χ4n) is 5.50. The van der Waals surface area contributed by atoms with E-state index in [1.54, 1.807) is 11.3 Å². The van der Waals surface area contributed by atoms with E-state index in [2.05, 4.69) is 26.1 Å². The Balaban J connectivity index is 1.59. The third-order valence-corrected chi connectivity index (χ3v) is 8.36. The Morgan fingerprint density at radius 2 is 1.93 bits per heavy atom. The molecular formula is C22H31NO3S. The van der Waals surface area contributed by atoms with Crippen LogP contribution in [0.1, 0.15) is 73.7 Å². The zero-order chi connectivity index (χ0) is 19.3. The van der Waals surface area contributed by atoms with Gasteiger partial charge in [-0.15, -0.1) is 11.3 Å². The lowest BCUT2D eigenvalue weighted by atomic mass is 9.72. The van der Waals surface area contributed by atoms with Crippen LogP contribution in [-0.4, -0.2) is 19.0 Å². The first kappa shape index (κ1) is 19.0. The summed E-state index contributed by atoms with van der Waals surface area (Å²) < 4.78 is 5.07. The molecule has 2 fully saturated rings. The summed E-state index contributed by atoms with van der Waals surface area (Å²) in [5, 5.41) is 3.86. The highest BCUT2D eigenvalue weighted by atomic mass is 32.1. The molecule has 0 spiro atoms. The van der Waals surface area contributed by atoms with E-state index < -0.39 is 0 Å². The van der Waals surface area contributed by atoms with Crippen molar-refractivity contribution in [3.63, 3.8) is 0 Å². The van der Waals surface area contributed by atoms with Gasteiger partial charge in [-0.05, 0) is 67.3 Å². The summed E-state index contributed by atoms with van der Waals surface area (Å²) in [4.78, 5) is 26.7. The second-order valence-corrected chi connectivity index (χ2v) is 10.9. The van der Waals surface area contributed by atoms with Gasteiger partial charge in [0.05, 0.1) is 12.7 Å². The quantitative estimate of drug-likeness (QED) is 0.735. The van der Waals surface area contributed by atoms with E-state index in [-0.39, 0.29) is 23.2 Å². The van der Waals surface area contributed by atoms with Gasteiger partial charge < -0.3 is 10.1 Å². The van der Waals surface area contributed by atoms with Gasteiger partial charge in [0.15, 0.2) is 0 Å². The van der Waals surface area contributed by atoms with E-state index in [1.165, 1.54) is 31.2 Å². The molecule has 2 saturated carbocycles. The molecule has 5 heteroatoms. The smallest absolute Gasteiger partial charge is 0.341 e. The first-order valence-corrected chi connectivity index (χ1v) is 11.1. The molecule has 1 amide bonds. The summed E-state index contributed by atoms with van der Waals surface area (Å²) >= 11 is 1.60. The van der Waals surface area contributed by atoms with Gasteiger partial charge >= 0.3 is 5.97 Å². The highest BCUT2D eigenvalue weighted by Crippen LogP contribution is 2.49. The van der Waals surface area contributed by atoms with Crippen molar-refractivity contribution >= 4 is 28.2 Å². The van der Waals surface area contributed by atoms with Gasteiger partial charge in [-0.3, -0.25) is 4.79 Å². The molecule has 4 nitrogen and oxygen atoms in total. The third-order valence-electron chi connectivity index (χ3n) is 7.19. The minimum Gasteiger partial charge on any atom is -0.465 e. The van der Waals surface area contributed by atoms with Crippen molar-refractivity contribution in [1.82, 2.24) is 0 Å². The molecule has 0 saturated heterocycles. The maximum Gasteiger partial charge on any atom is 0.341 e. The van der Waals surface area contributed by atoms with Crippen LogP contribution in [0.3, 0.4) is 0 Å². The van der Waals surface area contributed by atoms with Crippen LogP contribution in [0, 0.1) is 29.1 Å². The van der Waals surface area contributed by atoms with Crippen LogP contribution < -0.4 is 5.32 Å². The van der Waals surface area contributed by atoms with Crippen molar-refractivity contribution in [2.45, 2.75) is 65.7 Å². The molecule has 4 rings (SSSR count). The molecule has 3 aliphatic rings. The monoisotopic (exact) mass is 389 g/mol. The van der Waals surface area contributed by atoms with Gasteiger partial charge in [-0.1, -0.05) is 27.2 Å². The molecule has 3 aliphatic carbocycles. The summed E-state index contributed by atoms with van der Waals surface area (Å²) in [6.07, 6.45) is 7.64. The maximum absolute atomic E-state index is 12.9. The summed E-state index contributed by atoms with van der Waals surface area (Å²) in [5.41, 5.74) is 1.97. The number of hydrogen-bond donors (Lipinski definition) is 1. The Hall–Kier alpha value is -1.36. The minimum atomic E-state index is -0.315. The van der Waals surface area contributed by atoms with Crippen LogP contribution in [0.2, 0.25) is 0 Å². The molecule has 0 aliphatic heterocycles. The second-order valence-electron chi connectivity index (χ2n) is 9.78. The normalized spacial score (nSPS) is 29.5. The number of fused-ring (bicyclic) bond motifs is 3. The van der Waals surface area contributed by atoms with E-state index in [9.17, 15) is 9.59 Å². The van der Waals surface area contributed by atoms with Gasteiger partial charge in [-0.25, -0.2) is 4.79 Å². The van der Waals surface area contributed by atoms with Gasteiger partial charge in [-0.2, -0.15) is 0 Å². The number of rotatable bonds is 3. The Labute approximate surface area is 166 Å². The zero-order valence-electron chi connectivity index (χ0n) is 16.9. The molecule has 27 heavy (non-hydrogen) atoms. The zero-order valence-corrected chi connectivity index (χ0v) is 17.7. The van der Waals surface area contributed by atoms with Crippen molar-refractivity contribution in [3.8, 4) is 0 Å². The summed E-state index contributed by atoms with van der Waals surface area (Å²) in [5.74, 6) is 1.79. The number of anilines is 1. The van der Waals surface area contributed by atoms with Crippen molar-refractivity contribution in [3.05, 3.63) is 16.0 Å². The molecular weight excluding hydrogens is 358 g/mol. The predicted octanol–water partition coefficient (Wildman–Crippen LogP) is 5.06. The summed E-state index contributed by atoms with van der Waals surface area (Å²) in [6.45, 7) is 6.86. The number of thiophene rings is 1. The second kappa shape index (κ2) is 6.91. The maximum atomic E-state index is 12.9. The Morgan fingerprint density at radius 1 is 1.15 bits per heavy atom. The topological polar surface area (TPSA) is 55.4 Å². The lowest BCUT2D eigenvalue weighted by Gasteiger charge is -2.33. The molecule has 0 aromatic carbocycles. The van der Waals surface area contributed by atoms with Crippen LogP contribution in [-0.2, 0) is 22.4 Å². The summed E-state index contributed by atoms with van der Waals surface area (Å²) in [6, 6.07) is 0. The van der Waals surface area contributed by atoms with Gasteiger partial charge in [0.2, 0.25) is 5.91 Å². The van der Waals surface area contributed by atoms with E-state index >= 15 is 0 Å². The Bertz CT molecular complexity index is 760. The molecule has 1 aromatic heterocycles. The highest BCUT2D eigenvalue weighted by molar-refractivity contribution is 7.17. The van der Waals surface area contributed by atoms with Crippen LogP contribution in [0.25, 0.3) is 0 Å². The molecule has 4 atom stereocenters. The molecule has 1 N–H and O–H groups in total. The lowest BCUT2D eigenvalue weighted by Crippen LogP contribution is -2.28. The molecule has 148 valence electrons. The van der Waals surface area contributed by atoms with Crippen LogP contribution in [0.5, 0.6) is 0 Å². The number of carbonyl (C=O) groups excluding carboxylic acids is 2. The standard InChI is InChI=1S/C22H31NO3S/c1-22(2,3)14-7-8-15-17(11-14)27-20(18(15)21(25)26-4)23-19(24)16-10-12-5-6-13(16)9-12/h12-14,16H,5-11H2,1-4H3,(H,23,24)/t12-,13+,14-,16+/m0/s1. The average Bonchev–Trinajstić information content (AvgIpc) is 3.33. The molecule has 0 unspecified atom stereocenters. The van der Waals surface area contributed by atoms with Gasteiger partial charge in [0.1, 0.15) is 5.00 Å². The van der Waals surface area contributed by atoms with E-state index in [4.69, 9.17) is 4.74 Å². The average molecular weight is 390 g/mol. The number of ether oxygens (including phenoxy) is 1. The number of nitrogens with one attached hydrogen (secondary N) is 1. The summed E-state index contributed by atoms with van der Waals surface area (Å²) in [7, 11) is 1.43. The van der Waals surface area contributed by atoms with Crippen molar-refractivity contribution in [2.75, 3.05) is 12.4 Å². The fraction of sp³-hybridized carbons (Fsp3) is 0.727. The van der Waals surface area contributed by atoms with Crippen molar-refractivity contribution in [2.24, 2.45) is 29.1 Å². The van der Waals surface area contributed by atoms with Crippen LogP contribution >= 0.6 is 11.3 Å². The number of hydrogen-bond acceptors (Lipinski definition) is 4. The largest absolute Gasteiger partial charge is 0.465 e. The molecule has 1 aromatic rings. The number of methoxy groups -OCH3 is 1. The van der Waals surface area contributed by atoms with Gasteiger partial charge in [0.25, 0.3) is 0 Å². The van der Waals surface area contributed by atoms with Crippen LogP contribution in [0.15, 0.2) is 0 Å². The van der Waals surface area contributed by atoms with Crippen LogP contribution in [0.4, 0.5) is 5.00 Å². The molecule has 1 heterocycles. The number of carbonyl (C=O) groups is 2. The minimum absolute atomic E-state index is 0.110. The first-order valence-electron chi connectivity index (χ1n) is 10.3. The number of amides is 1. The number of esters is 1. The first-order chi connectivity index (χ1) is 12.8. The Kier molecular flexibility index (Phi) is 4.86. The Morgan fingerprint density at radius 3 is 2.52 bits per heavy atom. The SMILES string of the molecule is COC(=O)c1c(NC(=O)[C@@H]2C[C@H]3CC[C@@H]2C3)sc2c1CC[C@H](C(C)(C)C)C2. The van der Waals surface area contributed by atoms with E-state index in [1.807, 2.05) is 0 Å². The van der Waals surface area contributed by atoms with Gasteiger partial charge in [0, 0.05) is 10.8 Å². The highest BCUT2D eigenvalue weighted by Gasteiger charge is 2.43. The molecule has 2 bridgehead atoms. The third kappa shape index (κ3) is 3.43.